The number of nitrogens with one attached hydrogen (secondary N) is 1. The second-order valence-corrected chi connectivity index (χ2v) is 5.62. The summed E-state index contributed by atoms with van der Waals surface area (Å²) >= 11 is 3.09. The number of rotatable bonds is 5. The molecule has 6 heteroatoms. The van der Waals surface area contributed by atoms with E-state index in [1.54, 1.807) is 12.4 Å². The fourth-order valence-electron chi connectivity index (χ4n) is 1.97. The first kappa shape index (κ1) is 16.0. The molecular formula is C15H16BrF2N3. The number of nitrogens with zero attached hydrogens (tertiary/aromatic N) is 2. The third-order valence-corrected chi connectivity index (χ3v) is 3.64. The Morgan fingerprint density at radius 2 is 1.90 bits per heavy atom. The van der Waals surface area contributed by atoms with Crippen molar-refractivity contribution in [2.75, 3.05) is 6.54 Å². The first-order chi connectivity index (χ1) is 10.0. The van der Waals surface area contributed by atoms with Crippen molar-refractivity contribution in [1.82, 2.24) is 15.3 Å². The molecule has 112 valence electrons. The maximum absolute atomic E-state index is 14.3. The highest BCUT2D eigenvalue weighted by atomic mass is 79.9. The van der Waals surface area contributed by atoms with E-state index in [1.807, 2.05) is 13.8 Å². The van der Waals surface area contributed by atoms with E-state index in [0.29, 0.717) is 12.4 Å². The van der Waals surface area contributed by atoms with Crippen molar-refractivity contribution in [3.8, 4) is 0 Å². The van der Waals surface area contributed by atoms with Crippen LogP contribution in [-0.4, -0.2) is 16.5 Å². The summed E-state index contributed by atoms with van der Waals surface area (Å²) < 4.78 is 28.7. The van der Waals surface area contributed by atoms with Crippen LogP contribution >= 0.6 is 15.9 Å². The van der Waals surface area contributed by atoms with Crippen LogP contribution in [0.1, 0.15) is 36.3 Å². The molecule has 0 amide bonds. The quantitative estimate of drug-likeness (QED) is 0.826. The van der Waals surface area contributed by atoms with Gasteiger partial charge in [0.25, 0.3) is 0 Å². The van der Waals surface area contributed by atoms with Crippen molar-refractivity contribution in [2.24, 2.45) is 0 Å². The van der Waals surface area contributed by atoms with Gasteiger partial charge in [-0.15, -0.1) is 0 Å². The molecule has 0 spiro atoms. The van der Waals surface area contributed by atoms with Crippen LogP contribution in [0, 0.1) is 18.6 Å². The second kappa shape index (κ2) is 7.04. The van der Waals surface area contributed by atoms with Gasteiger partial charge in [-0.05, 0) is 53.5 Å². The molecule has 0 saturated carbocycles. The van der Waals surface area contributed by atoms with Gasteiger partial charge in [0.1, 0.15) is 17.5 Å². The molecule has 0 saturated heterocycles. The summed E-state index contributed by atoms with van der Waals surface area (Å²) in [6, 6.07) is 1.86. The monoisotopic (exact) mass is 355 g/mol. The second-order valence-electron chi connectivity index (χ2n) is 4.76. The smallest absolute Gasteiger partial charge is 0.149 e. The van der Waals surface area contributed by atoms with Crippen molar-refractivity contribution < 1.29 is 8.78 Å². The van der Waals surface area contributed by atoms with Gasteiger partial charge in [0.05, 0.1) is 10.5 Å². The lowest BCUT2D eigenvalue weighted by Gasteiger charge is -2.19. The van der Waals surface area contributed by atoms with E-state index >= 15 is 0 Å². The zero-order valence-corrected chi connectivity index (χ0v) is 13.4. The number of hydrogen-bond acceptors (Lipinski definition) is 3. The molecular weight excluding hydrogens is 340 g/mol. The highest BCUT2D eigenvalue weighted by Crippen LogP contribution is 2.29. The molecule has 1 N–H and O–H groups in total. The topological polar surface area (TPSA) is 37.8 Å². The van der Waals surface area contributed by atoms with Gasteiger partial charge >= 0.3 is 0 Å². The Balaban J connectivity index is 2.50. The maximum Gasteiger partial charge on any atom is 0.149 e. The van der Waals surface area contributed by atoms with E-state index < -0.39 is 17.7 Å². The molecule has 3 nitrogen and oxygen atoms in total. The van der Waals surface area contributed by atoms with Crippen molar-refractivity contribution in [2.45, 2.75) is 26.3 Å². The molecule has 1 heterocycles. The Morgan fingerprint density at radius 3 is 2.52 bits per heavy atom. The van der Waals surface area contributed by atoms with Gasteiger partial charge in [0.2, 0.25) is 0 Å². The molecule has 1 aromatic heterocycles. The predicted octanol–water partition coefficient (Wildman–Crippen LogP) is 3.91. The SMILES string of the molecule is CCCNC(c1ncc(C)cn1)c1c(F)ccc(Br)c1F. The highest BCUT2D eigenvalue weighted by Gasteiger charge is 2.25. The van der Waals surface area contributed by atoms with E-state index in [-0.39, 0.29) is 10.0 Å². The normalized spacial score (nSPS) is 12.4. The Bertz CT molecular complexity index is 617. The summed E-state index contributed by atoms with van der Waals surface area (Å²) in [7, 11) is 0. The minimum atomic E-state index is -0.719. The molecule has 1 atom stereocenters. The van der Waals surface area contributed by atoms with Crippen LogP contribution in [0.2, 0.25) is 0 Å². The summed E-state index contributed by atoms with van der Waals surface area (Å²) in [5, 5.41) is 3.10. The molecule has 0 fully saturated rings. The van der Waals surface area contributed by atoms with Crippen molar-refractivity contribution in [3.63, 3.8) is 0 Å². The van der Waals surface area contributed by atoms with Gasteiger partial charge in [0.15, 0.2) is 0 Å². The van der Waals surface area contributed by atoms with Gasteiger partial charge < -0.3 is 5.32 Å². The molecule has 1 unspecified atom stereocenters. The van der Waals surface area contributed by atoms with Gasteiger partial charge in [-0.25, -0.2) is 18.7 Å². The van der Waals surface area contributed by atoms with Crippen LogP contribution < -0.4 is 5.32 Å². The number of aromatic nitrogens is 2. The summed E-state index contributed by atoms with van der Waals surface area (Å²) in [5.41, 5.74) is 0.824. The largest absolute Gasteiger partial charge is 0.303 e. The van der Waals surface area contributed by atoms with Crippen LogP contribution in [0.3, 0.4) is 0 Å². The van der Waals surface area contributed by atoms with Crippen LogP contribution in [0.4, 0.5) is 8.78 Å². The minimum Gasteiger partial charge on any atom is -0.303 e. The first-order valence-electron chi connectivity index (χ1n) is 6.70. The molecule has 21 heavy (non-hydrogen) atoms. The zero-order valence-electron chi connectivity index (χ0n) is 11.8. The molecule has 0 aliphatic carbocycles. The van der Waals surface area contributed by atoms with Crippen molar-refractivity contribution >= 4 is 15.9 Å². The lowest BCUT2D eigenvalue weighted by atomic mass is 10.0. The molecule has 0 aliphatic heterocycles. The van der Waals surface area contributed by atoms with Gasteiger partial charge in [-0.1, -0.05) is 6.92 Å². The third-order valence-electron chi connectivity index (χ3n) is 3.03. The zero-order chi connectivity index (χ0) is 15.4. The van der Waals surface area contributed by atoms with Gasteiger partial charge in [0, 0.05) is 18.0 Å². The van der Waals surface area contributed by atoms with Crippen LogP contribution in [0.5, 0.6) is 0 Å². The predicted molar refractivity (Wildman–Crippen MR) is 81.0 cm³/mol. The van der Waals surface area contributed by atoms with Crippen LogP contribution in [0.15, 0.2) is 29.0 Å². The summed E-state index contributed by atoms with van der Waals surface area (Å²) in [6.45, 7) is 4.44. The van der Waals surface area contributed by atoms with Crippen LogP contribution in [0.25, 0.3) is 0 Å². The fraction of sp³-hybridized carbons (Fsp3) is 0.333. The van der Waals surface area contributed by atoms with Crippen molar-refractivity contribution in [1.29, 1.82) is 0 Å². The highest BCUT2D eigenvalue weighted by molar-refractivity contribution is 9.10. The number of hydrogen-bond donors (Lipinski definition) is 1. The number of halogens is 3. The van der Waals surface area contributed by atoms with E-state index in [1.165, 1.54) is 12.1 Å². The van der Waals surface area contributed by atoms with E-state index in [9.17, 15) is 8.78 Å². The Kier molecular flexibility index (Phi) is 5.36. The third kappa shape index (κ3) is 3.63. The average Bonchev–Trinajstić information content (AvgIpc) is 2.48. The summed E-state index contributed by atoms with van der Waals surface area (Å²) in [5.74, 6) is -0.897. The standard InChI is InChI=1S/C15H16BrF2N3/c1-3-6-19-14(15-20-7-9(2)8-21-15)12-11(17)5-4-10(16)13(12)18/h4-5,7-8,14,19H,3,6H2,1-2H3. The summed E-state index contributed by atoms with van der Waals surface area (Å²) in [6.07, 6.45) is 4.10. The van der Waals surface area contributed by atoms with Crippen LogP contribution in [-0.2, 0) is 0 Å². The lowest BCUT2D eigenvalue weighted by Crippen LogP contribution is -2.27. The number of aryl methyl sites for hydroxylation is 1. The Hall–Kier alpha value is -1.40. The maximum atomic E-state index is 14.3. The molecule has 0 bridgehead atoms. The van der Waals surface area contributed by atoms with Gasteiger partial charge in [-0.3, -0.25) is 0 Å². The van der Waals surface area contributed by atoms with E-state index in [0.717, 1.165) is 12.0 Å². The molecule has 2 rings (SSSR count). The fourth-order valence-corrected chi connectivity index (χ4v) is 2.32. The molecule has 0 radical (unpaired) electrons. The van der Waals surface area contributed by atoms with E-state index in [2.05, 4.69) is 31.2 Å². The first-order valence-corrected chi connectivity index (χ1v) is 7.49. The summed E-state index contributed by atoms with van der Waals surface area (Å²) in [4.78, 5) is 8.40. The van der Waals surface area contributed by atoms with Crippen molar-refractivity contribution in [3.05, 3.63) is 57.6 Å². The average molecular weight is 356 g/mol. The van der Waals surface area contributed by atoms with Gasteiger partial charge in [-0.2, -0.15) is 0 Å². The molecule has 0 aliphatic rings. The van der Waals surface area contributed by atoms with E-state index in [4.69, 9.17) is 0 Å². The molecule has 2 aromatic rings. The Morgan fingerprint density at radius 1 is 1.24 bits per heavy atom. The lowest BCUT2D eigenvalue weighted by molar-refractivity contribution is 0.488. The minimum absolute atomic E-state index is 0.0679. The molecule has 1 aromatic carbocycles. The Labute approximate surface area is 131 Å². The number of benzene rings is 1.